The highest BCUT2D eigenvalue weighted by atomic mass is 127. The van der Waals surface area contributed by atoms with Crippen LogP contribution >= 0.6 is 24.0 Å². The SMILES string of the molecule is CCNC(=NCC1(c2ccccc2)CC1)NCCCS(=O)(=O)Cc1ccccc1.I. The molecule has 0 spiro atoms. The van der Waals surface area contributed by atoms with E-state index in [1.807, 2.05) is 43.3 Å². The summed E-state index contributed by atoms with van der Waals surface area (Å²) in [7, 11) is -3.11. The van der Waals surface area contributed by atoms with Crippen molar-refractivity contribution >= 4 is 39.8 Å². The van der Waals surface area contributed by atoms with Gasteiger partial charge in [0.1, 0.15) is 0 Å². The lowest BCUT2D eigenvalue weighted by atomic mass is 9.96. The summed E-state index contributed by atoms with van der Waals surface area (Å²) in [6.07, 6.45) is 2.89. The summed E-state index contributed by atoms with van der Waals surface area (Å²) in [6.45, 7) is 4.14. The third kappa shape index (κ3) is 7.58. The van der Waals surface area contributed by atoms with Gasteiger partial charge in [0.2, 0.25) is 0 Å². The van der Waals surface area contributed by atoms with Crippen LogP contribution < -0.4 is 10.6 Å². The smallest absolute Gasteiger partial charge is 0.191 e. The van der Waals surface area contributed by atoms with Crippen LogP contribution in [0.1, 0.15) is 37.3 Å². The summed E-state index contributed by atoms with van der Waals surface area (Å²) in [5.41, 5.74) is 2.36. The van der Waals surface area contributed by atoms with Gasteiger partial charge < -0.3 is 10.6 Å². The van der Waals surface area contributed by atoms with E-state index in [1.54, 1.807) is 0 Å². The first-order valence-electron chi connectivity index (χ1n) is 10.4. The maximum Gasteiger partial charge on any atom is 0.191 e. The highest BCUT2D eigenvalue weighted by molar-refractivity contribution is 14.0. The normalized spacial score (nSPS) is 15.2. The molecule has 0 amide bonds. The molecule has 0 unspecified atom stereocenters. The van der Waals surface area contributed by atoms with E-state index in [0.29, 0.717) is 13.0 Å². The van der Waals surface area contributed by atoms with Crippen molar-refractivity contribution in [3.63, 3.8) is 0 Å². The van der Waals surface area contributed by atoms with E-state index in [-0.39, 0.29) is 40.9 Å². The summed E-state index contributed by atoms with van der Waals surface area (Å²) in [6, 6.07) is 19.9. The van der Waals surface area contributed by atoms with Gasteiger partial charge in [0, 0.05) is 18.5 Å². The molecule has 2 aromatic carbocycles. The standard InChI is InChI=1S/C23H31N3O2S.HI/c1-2-24-22(26-19-23(14-15-23)21-12-7-4-8-13-21)25-16-9-17-29(27,28)18-20-10-5-3-6-11-20;/h3-8,10-13H,2,9,14-19H2,1H3,(H2,24,25,26);1H. The second-order valence-corrected chi connectivity index (χ2v) is 9.88. The van der Waals surface area contributed by atoms with Crippen LogP contribution in [0.25, 0.3) is 0 Å². The summed E-state index contributed by atoms with van der Waals surface area (Å²) in [4.78, 5) is 4.77. The zero-order chi connectivity index (χ0) is 20.6. The van der Waals surface area contributed by atoms with E-state index in [4.69, 9.17) is 4.99 Å². The largest absolute Gasteiger partial charge is 0.357 e. The molecule has 0 saturated heterocycles. The first-order chi connectivity index (χ1) is 14.0. The molecule has 1 saturated carbocycles. The first kappa shape index (κ1) is 24.7. The molecule has 0 heterocycles. The second-order valence-electron chi connectivity index (χ2n) is 7.70. The number of hydrogen-bond acceptors (Lipinski definition) is 3. The number of nitrogens with one attached hydrogen (secondary N) is 2. The Hall–Kier alpha value is -1.61. The molecule has 2 aromatic rings. The highest BCUT2D eigenvalue weighted by Gasteiger charge is 2.43. The Morgan fingerprint density at radius 2 is 1.63 bits per heavy atom. The molecule has 30 heavy (non-hydrogen) atoms. The first-order valence-corrected chi connectivity index (χ1v) is 12.2. The molecule has 0 aliphatic heterocycles. The number of halogens is 1. The lowest BCUT2D eigenvalue weighted by Gasteiger charge is -2.16. The molecule has 5 nitrogen and oxygen atoms in total. The summed E-state index contributed by atoms with van der Waals surface area (Å²) < 4.78 is 24.6. The molecule has 0 aromatic heterocycles. The van der Waals surface area contributed by atoms with E-state index < -0.39 is 9.84 Å². The van der Waals surface area contributed by atoms with Crippen LogP contribution in [-0.4, -0.2) is 39.8 Å². The zero-order valence-corrected chi connectivity index (χ0v) is 20.7. The zero-order valence-electron chi connectivity index (χ0n) is 17.5. The van der Waals surface area contributed by atoms with Gasteiger partial charge in [-0.25, -0.2) is 8.42 Å². The van der Waals surface area contributed by atoms with Gasteiger partial charge in [-0.15, -0.1) is 24.0 Å². The maximum absolute atomic E-state index is 12.3. The molecule has 0 radical (unpaired) electrons. The van der Waals surface area contributed by atoms with Crippen molar-refractivity contribution in [2.24, 2.45) is 4.99 Å². The van der Waals surface area contributed by atoms with Crippen molar-refractivity contribution < 1.29 is 8.42 Å². The number of rotatable bonds is 10. The van der Waals surface area contributed by atoms with Crippen LogP contribution in [0.15, 0.2) is 65.7 Å². The quantitative estimate of drug-likeness (QED) is 0.207. The molecule has 0 bridgehead atoms. The third-order valence-electron chi connectivity index (χ3n) is 5.28. The minimum Gasteiger partial charge on any atom is -0.357 e. The summed E-state index contributed by atoms with van der Waals surface area (Å²) >= 11 is 0. The van der Waals surface area contributed by atoms with Crippen molar-refractivity contribution in [1.82, 2.24) is 10.6 Å². The van der Waals surface area contributed by atoms with Crippen LogP contribution in [0.2, 0.25) is 0 Å². The average Bonchev–Trinajstić information content (AvgIpc) is 3.51. The number of sulfone groups is 1. The van der Waals surface area contributed by atoms with Crippen molar-refractivity contribution in [1.29, 1.82) is 0 Å². The van der Waals surface area contributed by atoms with E-state index >= 15 is 0 Å². The van der Waals surface area contributed by atoms with Crippen molar-refractivity contribution in [3.05, 3.63) is 71.8 Å². The van der Waals surface area contributed by atoms with E-state index in [0.717, 1.165) is 37.5 Å². The van der Waals surface area contributed by atoms with Crippen molar-refractivity contribution in [2.45, 2.75) is 37.4 Å². The number of benzene rings is 2. The Kier molecular flexibility index (Phi) is 9.61. The molecular weight excluding hydrogens is 509 g/mol. The van der Waals surface area contributed by atoms with E-state index in [2.05, 4.69) is 34.9 Å². The lowest BCUT2D eigenvalue weighted by Crippen LogP contribution is -2.38. The third-order valence-corrected chi connectivity index (χ3v) is 6.96. The molecule has 164 valence electrons. The van der Waals surface area contributed by atoms with Gasteiger partial charge in [-0.1, -0.05) is 60.7 Å². The number of hydrogen-bond donors (Lipinski definition) is 2. The number of guanidine groups is 1. The summed E-state index contributed by atoms with van der Waals surface area (Å²) in [5.74, 6) is 1.03. The average molecular weight is 541 g/mol. The Labute approximate surface area is 197 Å². The van der Waals surface area contributed by atoms with Gasteiger partial charge in [0.15, 0.2) is 15.8 Å². The molecule has 1 fully saturated rings. The predicted molar refractivity (Wildman–Crippen MR) is 135 cm³/mol. The fourth-order valence-corrected chi connectivity index (χ4v) is 4.88. The van der Waals surface area contributed by atoms with Crippen molar-refractivity contribution in [3.8, 4) is 0 Å². The van der Waals surface area contributed by atoms with Crippen LogP contribution in [0.5, 0.6) is 0 Å². The van der Waals surface area contributed by atoms with Gasteiger partial charge in [-0.05, 0) is 37.3 Å². The minimum atomic E-state index is -3.11. The van der Waals surface area contributed by atoms with Gasteiger partial charge in [-0.3, -0.25) is 4.99 Å². The predicted octanol–water partition coefficient (Wildman–Crippen LogP) is 3.90. The van der Waals surface area contributed by atoms with Crippen LogP contribution in [0.4, 0.5) is 0 Å². The fourth-order valence-electron chi connectivity index (χ4n) is 3.45. The van der Waals surface area contributed by atoms with Gasteiger partial charge in [0.25, 0.3) is 0 Å². The minimum absolute atomic E-state index is 0. The Bertz CT molecular complexity index is 899. The maximum atomic E-state index is 12.3. The second kappa shape index (κ2) is 11.7. The summed E-state index contributed by atoms with van der Waals surface area (Å²) in [5, 5.41) is 6.54. The van der Waals surface area contributed by atoms with E-state index in [9.17, 15) is 8.42 Å². The molecule has 2 N–H and O–H groups in total. The molecular formula is C23H32IN3O2S. The molecule has 1 aliphatic rings. The van der Waals surface area contributed by atoms with Gasteiger partial charge >= 0.3 is 0 Å². The lowest BCUT2D eigenvalue weighted by molar-refractivity contribution is 0.591. The molecule has 0 atom stereocenters. The number of aliphatic imine (C=N–C) groups is 1. The van der Waals surface area contributed by atoms with Gasteiger partial charge in [0.05, 0.1) is 18.1 Å². The number of nitrogens with zero attached hydrogens (tertiary/aromatic N) is 1. The van der Waals surface area contributed by atoms with Crippen LogP contribution in [0, 0.1) is 0 Å². The van der Waals surface area contributed by atoms with Crippen molar-refractivity contribution in [2.75, 3.05) is 25.4 Å². The van der Waals surface area contributed by atoms with E-state index in [1.165, 1.54) is 5.56 Å². The van der Waals surface area contributed by atoms with Crippen LogP contribution in [0.3, 0.4) is 0 Å². The van der Waals surface area contributed by atoms with Gasteiger partial charge in [-0.2, -0.15) is 0 Å². The highest BCUT2D eigenvalue weighted by Crippen LogP contribution is 2.48. The Morgan fingerprint density at radius 3 is 2.23 bits per heavy atom. The fraction of sp³-hybridized carbons (Fsp3) is 0.435. The monoisotopic (exact) mass is 541 g/mol. The molecule has 1 aliphatic carbocycles. The topological polar surface area (TPSA) is 70.6 Å². The molecule has 7 heteroatoms. The van der Waals surface area contributed by atoms with Crippen LogP contribution in [-0.2, 0) is 21.0 Å². The Balaban J connectivity index is 0.00000320. The molecule has 3 rings (SSSR count). The Morgan fingerprint density at radius 1 is 1.00 bits per heavy atom.